The molecule has 2 amide bonds. The number of hydrogen-bond donors (Lipinski definition) is 1. The van der Waals surface area contributed by atoms with E-state index in [2.05, 4.69) is 33.6 Å². The lowest BCUT2D eigenvalue weighted by Crippen LogP contribution is -2.46. The van der Waals surface area contributed by atoms with Crippen molar-refractivity contribution in [3.05, 3.63) is 42.5 Å². The Hall–Kier alpha value is -2.37. The van der Waals surface area contributed by atoms with Crippen LogP contribution in [0.25, 0.3) is 0 Å². The molecule has 1 aromatic carbocycles. The minimum atomic E-state index is -0.0150. The van der Waals surface area contributed by atoms with E-state index in [-0.39, 0.29) is 17.5 Å². The lowest BCUT2D eigenvalue weighted by Gasteiger charge is -2.25. The zero-order chi connectivity index (χ0) is 16.6. The third-order valence-corrected chi connectivity index (χ3v) is 5.33. The summed E-state index contributed by atoms with van der Waals surface area (Å²) in [6, 6.07) is 8.36. The first-order valence-electron chi connectivity index (χ1n) is 8.68. The van der Waals surface area contributed by atoms with Crippen molar-refractivity contribution in [1.29, 1.82) is 0 Å². The molecule has 0 radical (unpaired) electrons. The van der Waals surface area contributed by atoms with Gasteiger partial charge in [-0.05, 0) is 31.4 Å². The van der Waals surface area contributed by atoms with E-state index in [4.69, 9.17) is 0 Å². The van der Waals surface area contributed by atoms with E-state index >= 15 is 0 Å². The monoisotopic (exact) mass is 325 g/mol. The van der Waals surface area contributed by atoms with Crippen LogP contribution in [0, 0.1) is 0 Å². The summed E-state index contributed by atoms with van der Waals surface area (Å²) in [7, 11) is 0. The van der Waals surface area contributed by atoms with Gasteiger partial charge in [-0.1, -0.05) is 31.0 Å². The number of hydrogen-bond acceptors (Lipinski definition) is 3. The fraction of sp³-hybridized carbons (Fsp3) is 0.500. The van der Waals surface area contributed by atoms with Gasteiger partial charge in [-0.3, -0.25) is 9.58 Å². The van der Waals surface area contributed by atoms with Crippen LogP contribution in [-0.4, -0.2) is 33.4 Å². The van der Waals surface area contributed by atoms with Gasteiger partial charge in [0.1, 0.15) is 12.7 Å². The van der Waals surface area contributed by atoms with Crippen molar-refractivity contribution in [3.63, 3.8) is 0 Å². The van der Waals surface area contributed by atoms with Crippen LogP contribution in [0.15, 0.2) is 36.9 Å². The van der Waals surface area contributed by atoms with Gasteiger partial charge >= 0.3 is 6.03 Å². The molecule has 1 spiro atoms. The van der Waals surface area contributed by atoms with Gasteiger partial charge in [0.25, 0.3) is 0 Å². The first-order valence-corrected chi connectivity index (χ1v) is 8.68. The summed E-state index contributed by atoms with van der Waals surface area (Å²) >= 11 is 0. The summed E-state index contributed by atoms with van der Waals surface area (Å²) in [6.07, 6.45) is 8.06. The Morgan fingerprint density at radius 1 is 1.33 bits per heavy atom. The summed E-state index contributed by atoms with van der Waals surface area (Å²) in [5.41, 5.74) is 2.59. The van der Waals surface area contributed by atoms with Gasteiger partial charge in [0.15, 0.2) is 0 Å². The number of fused-ring (bicyclic) bond motifs is 2. The van der Waals surface area contributed by atoms with Crippen LogP contribution in [0.2, 0.25) is 0 Å². The summed E-state index contributed by atoms with van der Waals surface area (Å²) < 4.78 is 1.74. The van der Waals surface area contributed by atoms with Gasteiger partial charge in [0.2, 0.25) is 0 Å². The highest BCUT2D eigenvalue weighted by molar-refractivity contribution is 5.95. The Kier molecular flexibility index (Phi) is 3.75. The molecule has 6 heteroatoms. The van der Waals surface area contributed by atoms with Crippen LogP contribution in [0.1, 0.15) is 38.2 Å². The van der Waals surface area contributed by atoms with Crippen molar-refractivity contribution < 1.29 is 4.79 Å². The van der Waals surface area contributed by atoms with Crippen LogP contribution in [0.4, 0.5) is 10.5 Å². The molecule has 1 N–H and O–H groups in total. The molecule has 1 aromatic heterocycles. The molecule has 1 saturated carbocycles. The van der Waals surface area contributed by atoms with Crippen molar-refractivity contribution in [2.24, 2.45) is 0 Å². The zero-order valence-corrected chi connectivity index (χ0v) is 14.0. The average Bonchev–Trinajstić information content (AvgIpc) is 3.30. The molecule has 1 fully saturated rings. The lowest BCUT2D eigenvalue weighted by molar-refractivity contribution is 0.240. The number of amides is 2. The highest BCUT2D eigenvalue weighted by atomic mass is 16.2. The van der Waals surface area contributed by atoms with Crippen LogP contribution < -0.4 is 10.2 Å². The van der Waals surface area contributed by atoms with Crippen LogP contribution in [0.5, 0.6) is 0 Å². The second kappa shape index (κ2) is 5.92. The molecule has 24 heavy (non-hydrogen) atoms. The highest BCUT2D eigenvalue weighted by Gasteiger charge is 2.46. The standard InChI is InChI=1S/C18H23N5O/c1-14(10-22-13-19-12-20-22)21-17(24)23-11-18(8-4-5-9-18)15-6-2-3-7-16(15)23/h2-3,6-7,12-14H,4-5,8-11H2,1H3,(H,21,24)/t14-/m0/s1. The van der Waals surface area contributed by atoms with Crippen LogP contribution in [0.3, 0.4) is 0 Å². The fourth-order valence-electron chi connectivity index (χ4n) is 4.23. The second-order valence-corrected chi connectivity index (χ2v) is 7.06. The predicted octanol–water partition coefficient (Wildman–Crippen LogP) is 2.71. The van der Waals surface area contributed by atoms with Crippen molar-refractivity contribution in [2.75, 3.05) is 11.4 Å². The molecule has 0 saturated heterocycles. The van der Waals surface area contributed by atoms with E-state index in [1.54, 1.807) is 11.0 Å². The van der Waals surface area contributed by atoms with Gasteiger partial charge < -0.3 is 5.32 Å². The van der Waals surface area contributed by atoms with Crippen molar-refractivity contribution in [2.45, 2.75) is 50.6 Å². The van der Waals surface area contributed by atoms with E-state index in [0.717, 1.165) is 12.2 Å². The molecule has 6 nitrogen and oxygen atoms in total. The minimum Gasteiger partial charge on any atom is -0.333 e. The number of para-hydroxylation sites is 1. The van der Waals surface area contributed by atoms with Crippen LogP contribution in [-0.2, 0) is 12.0 Å². The van der Waals surface area contributed by atoms with E-state index in [1.807, 2.05) is 17.9 Å². The number of urea groups is 1. The van der Waals surface area contributed by atoms with E-state index < -0.39 is 0 Å². The number of rotatable bonds is 3. The Labute approximate surface area is 141 Å². The quantitative estimate of drug-likeness (QED) is 0.944. The third-order valence-electron chi connectivity index (χ3n) is 5.33. The molecule has 2 aliphatic rings. The number of nitrogens with one attached hydrogen (secondary N) is 1. The van der Waals surface area contributed by atoms with Gasteiger partial charge in [-0.2, -0.15) is 5.10 Å². The lowest BCUT2D eigenvalue weighted by atomic mass is 9.81. The molecule has 2 heterocycles. The molecule has 1 aliphatic carbocycles. The van der Waals surface area contributed by atoms with E-state index in [9.17, 15) is 4.79 Å². The third kappa shape index (κ3) is 2.56. The Morgan fingerprint density at radius 3 is 2.88 bits per heavy atom. The topological polar surface area (TPSA) is 63.1 Å². The van der Waals surface area contributed by atoms with Crippen molar-refractivity contribution >= 4 is 11.7 Å². The minimum absolute atomic E-state index is 0.00788. The fourth-order valence-corrected chi connectivity index (χ4v) is 4.23. The SMILES string of the molecule is C[C@@H](Cn1cncn1)NC(=O)N1CC2(CCCC2)c2ccccc21. The molecular formula is C18H23N5O. The van der Waals surface area contributed by atoms with Gasteiger partial charge in [-0.15, -0.1) is 0 Å². The molecule has 0 unspecified atom stereocenters. The number of carbonyl (C=O) groups excluding carboxylic acids is 1. The smallest absolute Gasteiger partial charge is 0.322 e. The number of carbonyl (C=O) groups is 1. The van der Waals surface area contributed by atoms with E-state index in [0.29, 0.717) is 6.54 Å². The first-order chi connectivity index (χ1) is 11.7. The summed E-state index contributed by atoms with van der Waals surface area (Å²) in [5.74, 6) is 0. The average molecular weight is 325 g/mol. The zero-order valence-electron chi connectivity index (χ0n) is 14.0. The molecule has 4 rings (SSSR count). The summed E-state index contributed by atoms with van der Waals surface area (Å²) in [4.78, 5) is 18.7. The maximum Gasteiger partial charge on any atom is 0.322 e. The maximum absolute atomic E-state index is 12.9. The number of nitrogens with zero attached hydrogens (tertiary/aromatic N) is 4. The normalized spacial score (nSPS) is 19.5. The second-order valence-electron chi connectivity index (χ2n) is 7.06. The summed E-state index contributed by atoms with van der Waals surface area (Å²) in [6.45, 7) is 3.41. The van der Waals surface area contributed by atoms with Gasteiger partial charge in [0, 0.05) is 23.7 Å². The number of aromatic nitrogens is 3. The largest absolute Gasteiger partial charge is 0.333 e. The molecule has 1 atom stereocenters. The Balaban J connectivity index is 1.51. The van der Waals surface area contributed by atoms with Crippen molar-refractivity contribution in [1.82, 2.24) is 20.1 Å². The van der Waals surface area contributed by atoms with Gasteiger partial charge in [0.05, 0.1) is 6.54 Å². The molecule has 1 aliphatic heterocycles. The van der Waals surface area contributed by atoms with Crippen molar-refractivity contribution in [3.8, 4) is 0 Å². The first kappa shape index (κ1) is 15.2. The van der Waals surface area contributed by atoms with E-state index in [1.165, 1.54) is 37.6 Å². The Bertz CT molecular complexity index is 721. The molecular weight excluding hydrogens is 302 g/mol. The molecule has 2 aromatic rings. The maximum atomic E-state index is 12.9. The van der Waals surface area contributed by atoms with Gasteiger partial charge in [-0.25, -0.2) is 9.78 Å². The molecule has 0 bridgehead atoms. The Morgan fingerprint density at radius 2 is 2.12 bits per heavy atom. The predicted molar refractivity (Wildman–Crippen MR) is 91.9 cm³/mol. The number of anilines is 1. The van der Waals surface area contributed by atoms with Crippen LogP contribution >= 0.6 is 0 Å². The summed E-state index contributed by atoms with van der Waals surface area (Å²) in [5, 5.41) is 7.20. The molecule has 126 valence electrons. The highest BCUT2D eigenvalue weighted by Crippen LogP contribution is 2.50. The number of benzene rings is 1.